The van der Waals surface area contributed by atoms with E-state index < -0.39 is 5.97 Å². The van der Waals surface area contributed by atoms with Crippen molar-refractivity contribution in [1.29, 1.82) is 0 Å². The quantitative estimate of drug-likeness (QED) is 0.539. The number of carbonyl (C=O) groups is 3. The van der Waals surface area contributed by atoms with Gasteiger partial charge in [-0.1, -0.05) is 12.1 Å². The Kier molecular flexibility index (Phi) is 6.95. The largest absolute Gasteiger partial charge is 0.461 e. The van der Waals surface area contributed by atoms with Crippen molar-refractivity contribution in [1.82, 2.24) is 15.2 Å². The number of nitrogens with one attached hydrogen (secondary N) is 2. The predicted molar refractivity (Wildman–Crippen MR) is 126 cm³/mol. The van der Waals surface area contributed by atoms with Gasteiger partial charge in [0.1, 0.15) is 11.5 Å². The monoisotopic (exact) mass is 465 g/mol. The van der Waals surface area contributed by atoms with Crippen molar-refractivity contribution in [2.75, 3.05) is 19.7 Å². The lowest BCUT2D eigenvalue weighted by molar-refractivity contribution is -0.126. The first kappa shape index (κ1) is 23.5. The number of aromatic amines is 1. The maximum absolute atomic E-state index is 13.7. The van der Waals surface area contributed by atoms with Crippen LogP contribution < -0.4 is 5.32 Å². The molecule has 2 N–H and O–H groups in total. The third kappa shape index (κ3) is 5.11. The second-order valence-electron chi connectivity index (χ2n) is 8.57. The molecule has 178 valence electrons. The number of piperidine rings is 1. The van der Waals surface area contributed by atoms with Gasteiger partial charge in [-0.05, 0) is 68.1 Å². The number of aryl methyl sites for hydroxylation is 1. The molecule has 0 spiro atoms. The molecule has 4 rings (SSSR count). The molecular formula is C26H28FN3O4. The lowest BCUT2D eigenvalue weighted by Crippen LogP contribution is -2.42. The second kappa shape index (κ2) is 10.1. The number of benzene rings is 2. The molecule has 0 atom stereocenters. The number of hydrogen-bond acceptors (Lipinski definition) is 4. The Morgan fingerprint density at radius 3 is 2.59 bits per heavy atom. The average molecular weight is 466 g/mol. The van der Waals surface area contributed by atoms with E-state index in [2.05, 4.69) is 10.3 Å². The van der Waals surface area contributed by atoms with Crippen LogP contribution in [0.1, 0.15) is 51.7 Å². The third-order valence-electron chi connectivity index (χ3n) is 6.22. The first-order valence-electron chi connectivity index (χ1n) is 11.5. The van der Waals surface area contributed by atoms with E-state index >= 15 is 0 Å². The van der Waals surface area contributed by atoms with Crippen LogP contribution in [0.25, 0.3) is 10.9 Å². The molecule has 8 heteroatoms. The molecule has 7 nitrogen and oxygen atoms in total. The number of amides is 2. The highest BCUT2D eigenvalue weighted by atomic mass is 19.1. The molecule has 0 unspecified atom stereocenters. The zero-order chi connectivity index (χ0) is 24.2. The number of nitrogens with zero attached hydrogens (tertiary/aromatic N) is 1. The summed E-state index contributed by atoms with van der Waals surface area (Å²) < 4.78 is 18.7. The van der Waals surface area contributed by atoms with E-state index in [4.69, 9.17) is 4.74 Å². The Labute approximate surface area is 197 Å². The number of rotatable bonds is 6. The lowest BCUT2D eigenvalue weighted by Gasteiger charge is -2.31. The highest BCUT2D eigenvalue weighted by molar-refractivity contribution is 6.00. The van der Waals surface area contributed by atoms with Crippen LogP contribution in [-0.2, 0) is 16.1 Å². The number of ether oxygens (including phenoxy) is 1. The Morgan fingerprint density at radius 2 is 1.88 bits per heavy atom. The summed E-state index contributed by atoms with van der Waals surface area (Å²) >= 11 is 0. The van der Waals surface area contributed by atoms with Crippen molar-refractivity contribution in [3.05, 3.63) is 70.7 Å². The first-order chi connectivity index (χ1) is 16.4. The van der Waals surface area contributed by atoms with Gasteiger partial charge in [-0.3, -0.25) is 9.59 Å². The van der Waals surface area contributed by atoms with E-state index in [-0.39, 0.29) is 36.7 Å². The topological polar surface area (TPSA) is 91.5 Å². The predicted octanol–water partition coefficient (Wildman–Crippen LogP) is 3.96. The van der Waals surface area contributed by atoms with Gasteiger partial charge in [0, 0.05) is 42.0 Å². The van der Waals surface area contributed by atoms with Gasteiger partial charge in [0.25, 0.3) is 5.91 Å². The van der Waals surface area contributed by atoms with Gasteiger partial charge in [0.15, 0.2) is 0 Å². The molecule has 2 heterocycles. The SMILES string of the molecule is CCOC(=O)c1cc2cc(C(=O)N3CCC(C(=O)NCc4ccc(C)c(F)c4)CC3)ccc2[nH]1. The summed E-state index contributed by atoms with van der Waals surface area (Å²) in [4.78, 5) is 42.3. The van der Waals surface area contributed by atoms with Crippen LogP contribution in [0.4, 0.5) is 4.39 Å². The molecule has 1 saturated heterocycles. The number of halogens is 1. The van der Waals surface area contributed by atoms with Gasteiger partial charge < -0.3 is 19.9 Å². The zero-order valence-electron chi connectivity index (χ0n) is 19.3. The minimum absolute atomic E-state index is 0.0756. The summed E-state index contributed by atoms with van der Waals surface area (Å²) in [6, 6.07) is 11.9. The fraction of sp³-hybridized carbons (Fsp3) is 0.346. The van der Waals surface area contributed by atoms with E-state index in [9.17, 15) is 18.8 Å². The van der Waals surface area contributed by atoms with Crippen LogP contribution in [0.3, 0.4) is 0 Å². The number of H-pyrrole nitrogens is 1. The van der Waals surface area contributed by atoms with Crippen molar-refractivity contribution in [3.63, 3.8) is 0 Å². The maximum Gasteiger partial charge on any atom is 0.354 e. The zero-order valence-corrected chi connectivity index (χ0v) is 19.3. The van der Waals surface area contributed by atoms with Crippen LogP contribution in [0.15, 0.2) is 42.5 Å². The average Bonchev–Trinajstić information content (AvgIpc) is 3.28. The minimum atomic E-state index is -0.431. The van der Waals surface area contributed by atoms with Crippen molar-refractivity contribution >= 4 is 28.7 Å². The number of aromatic nitrogens is 1. The number of carbonyl (C=O) groups excluding carboxylic acids is 3. The van der Waals surface area contributed by atoms with E-state index in [0.717, 1.165) is 16.5 Å². The lowest BCUT2D eigenvalue weighted by atomic mass is 9.95. The molecular weight excluding hydrogens is 437 g/mol. The summed E-state index contributed by atoms with van der Waals surface area (Å²) in [7, 11) is 0. The van der Waals surface area contributed by atoms with Crippen molar-refractivity contribution in [2.45, 2.75) is 33.2 Å². The molecule has 0 aliphatic carbocycles. The number of hydrogen-bond donors (Lipinski definition) is 2. The molecule has 0 radical (unpaired) electrons. The summed E-state index contributed by atoms with van der Waals surface area (Å²) in [6.45, 7) is 4.97. The van der Waals surface area contributed by atoms with E-state index in [1.807, 2.05) is 0 Å². The van der Waals surface area contributed by atoms with Crippen LogP contribution in [0.2, 0.25) is 0 Å². The number of fused-ring (bicyclic) bond motifs is 1. The molecule has 1 aromatic heterocycles. The Morgan fingerprint density at radius 1 is 1.12 bits per heavy atom. The van der Waals surface area contributed by atoms with Crippen LogP contribution >= 0.6 is 0 Å². The molecule has 1 aliphatic heterocycles. The second-order valence-corrected chi connectivity index (χ2v) is 8.57. The van der Waals surface area contributed by atoms with Gasteiger partial charge >= 0.3 is 5.97 Å². The summed E-state index contributed by atoms with van der Waals surface area (Å²) in [5.74, 6) is -1.07. The molecule has 1 fully saturated rings. The van der Waals surface area contributed by atoms with Crippen LogP contribution in [0, 0.1) is 18.7 Å². The maximum atomic E-state index is 13.7. The summed E-state index contributed by atoms with van der Waals surface area (Å²) in [5, 5.41) is 3.64. The number of esters is 1. The van der Waals surface area contributed by atoms with Gasteiger partial charge in [-0.25, -0.2) is 9.18 Å². The Hall–Kier alpha value is -3.68. The first-order valence-corrected chi connectivity index (χ1v) is 11.5. The Balaban J connectivity index is 1.32. The van der Waals surface area contributed by atoms with Crippen LogP contribution in [-0.4, -0.2) is 47.4 Å². The van der Waals surface area contributed by atoms with Gasteiger partial charge in [-0.15, -0.1) is 0 Å². The molecule has 2 aromatic carbocycles. The minimum Gasteiger partial charge on any atom is -0.461 e. The highest BCUT2D eigenvalue weighted by Crippen LogP contribution is 2.23. The van der Waals surface area contributed by atoms with Crippen molar-refractivity contribution < 1.29 is 23.5 Å². The molecule has 2 amide bonds. The smallest absolute Gasteiger partial charge is 0.354 e. The molecule has 3 aromatic rings. The third-order valence-corrected chi connectivity index (χ3v) is 6.22. The van der Waals surface area contributed by atoms with Crippen molar-refractivity contribution in [3.8, 4) is 0 Å². The van der Waals surface area contributed by atoms with Gasteiger partial charge in [-0.2, -0.15) is 0 Å². The molecule has 34 heavy (non-hydrogen) atoms. The summed E-state index contributed by atoms with van der Waals surface area (Å²) in [5.41, 5.74) is 2.92. The fourth-order valence-electron chi connectivity index (χ4n) is 4.19. The van der Waals surface area contributed by atoms with Crippen molar-refractivity contribution in [2.24, 2.45) is 5.92 Å². The molecule has 0 saturated carbocycles. The van der Waals surface area contributed by atoms with E-state index in [1.54, 1.807) is 55.1 Å². The highest BCUT2D eigenvalue weighted by Gasteiger charge is 2.28. The van der Waals surface area contributed by atoms with Crippen LogP contribution in [0.5, 0.6) is 0 Å². The Bertz CT molecular complexity index is 1230. The normalized spacial score (nSPS) is 14.3. The molecule has 1 aliphatic rings. The number of likely N-dealkylation sites (tertiary alicyclic amines) is 1. The fourth-order valence-corrected chi connectivity index (χ4v) is 4.19. The standard InChI is InChI=1S/C26H28FN3O4/c1-3-34-26(33)23-14-20-13-19(6-7-22(20)29-23)25(32)30-10-8-18(9-11-30)24(31)28-15-17-5-4-16(2)21(27)12-17/h4-7,12-14,18,29H,3,8-11,15H2,1-2H3,(H,28,31). The van der Waals surface area contributed by atoms with Gasteiger partial charge in [0.2, 0.25) is 5.91 Å². The summed E-state index contributed by atoms with van der Waals surface area (Å²) in [6.07, 6.45) is 1.14. The van der Waals surface area contributed by atoms with E-state index in [1.165, 1.54) is 6.07 Å². The van der Waals surface area contributed by atoms with E-state index in [0.29, 0.717) is 42.8 Å². The van der Waals surface area contributed by atoms with Gasteiger partial charge in [0.05, 0.1) is 6.61 Å². The molecule has 0 bridgehead atoms.